The Bertz CT molecular complexity index is 581. The van der Waals surface area contributed by atoms with Crippen LogP contribution in [0.4, 0.5) is 8.78 Å². The second kappa shape index (κ2) is 4.63. The van der Waals surface area contributed by atoms with Crippen LogP contribution in [0.1, 0.15) is 10.4 Å². The third-order valence-corrected chi connectivity index (χ3v) is 2.53. The van der Waals surface area contributed by atoms with Crippen LogP contribution in [0.2, 0.25) is 0 Å². The monoisotopic (exact) mass is 252 g/mol. The number of benzene rings is 2. The van der Waals surface area contributed by atoms with Crippen LogP contribution in [0.15, 0.2) is 42.5 Å². The first-order valence-corrected chi connectivity index (χ1v) is 5.21. The van der Waals surface area contributed by atoms with Gasteiger partial charge < -0.3 is 0 Å². The van der Waals surface area contributed by atoms with Crippen molar-refractivity contribution >= 4 is 16.8 Å². The Morgan fingerprint density at radius 2 is 1.76 bits per heavy atom. The Labute approximate surface area is 102 Å². The number of hydrogen-bond donors (Lipinski definition) is 0. The zero-order chi connectivity index (χ0) is 12.4. The molecule has 0 fully saturated rings. The van der Waals surface area contributed by atoms with Gasteiger partial charge in [0.1, 0.15) is 11.6 Å². The van der Waals surface area contributed by atoms with E-state index in [0.29, 0.717) is 0 Å². The summed E-state index contributed by atoms with van der Waals surface area (Å²) in [6.45, 7) is 0. The molecule has 0 spiro atoms. The molecular formula is C13H7ClF2O. The lowest BCUT2D eigenvalue weighted by atomic mass is 10.0. The van der Waals surface area contributed by atoms with Gasteiger partial charge in [-0.2, -0.15) is 0 Å². The second-order valence-corrected chi connectivity index (χ2v) is 3.83. The first kappa shape index (κ1) is 11.7. The summed E-state index contributed by atoms with van der Waals surface area (Å²) < 4.78 is 26.8. The lowest BCUT2D eigenvalue weighted by molar-refractivity contribution is 0.108. The molecule has 86 valence electrons. The first-order chi connectivity index (χ1) is 8.08. The lowest BCUT2D eigenvalue weighted by Gasteiger charge is -2.05. The number of halogens is 3. The summed E-state index contributed by atoms with van der Waals surface area (Å²) in [5.41, 5.74) is 0.517. The molecule has 0 radical (unpaired) electrons. The van der Waals surface area contributed by atoms with Crippen LogP contribution in [0.3, 0.4) is 0 Å². The average molecular weight is 253 g/mol. The molecule has 0 aliphatic carbocycles. The predicted octanol–water partition coefficient (Wildman–Crippen LogP) is 4.01. The normalized spacial score (nSPS) is 10.3. The fourth-order valence-corrected chi connectivity index (χ4v) is 1.66. The van der Waals surface area contributed by atoms with Gasteiger partial charge in [-0.15, -0.1) is 0 Å². The molecule has 0 saturated heterocycles. The van der Waals surface area contributed by atoms with Crippen LogP contribution in [0, 0.1) is 11.6 Å². The zero-order valence-corrected chi connectivity index (χ0v) is 9.34. The van der Waals surface area contributed by atoms with Gasteiger partial charge in [-0.3, -0.25) is 4.79 Å². The second-order valence-electron chi connectivity index (χ2n) is 3.48. The molecular weight excluding hydrogens is 246 g/mol. The van der Waals surface area contributed by atoms with Gasteiger partial charge in [-0.1, -0.05) is 18.2 Å². The highest BCUT2D eigenvalue weighted by Gasteiger charge is 2.10. The van der Waals surface area contributed by atoms with Gasteiger partial charge in [0.25, 0.3) is 5.24 Å². The predicted molar refractivity (Wildman–Crippen MR) is 62.0 cm³/mol. The summed E-state index contributed by atoms with van der Waals surface area (Å²) >= 11 is 5.28. The van der Waals surface area contributed by atoms with Crippen LogP contribution >= 0.6 is 11.6 Å². The molecule has 1 nitrogen and oxygen atoms in total. The van der Waals surface area contributed by atoms with E-state index in [9.17, 15) is 13.6 Å². The Morgan fingerprint density at radius 1 is 1.06 bits per heavy atom. The molecule has 17 heavy (non-hydrogen) atoms. The van der Waals surface area contributed by atoms with Crippen molar-refractivity contribution in [1.82, 2.24) is 0 Å². The Balaban J connectivity index is 2.60. The Hall–Kier alpha value is -1.74. The van der Waals surface area contributed by atoms with Crippen LogP contribution in [0.25, 0.3) is 11.1 Å². The van der Waals surface area contributed by atoms with Crippen molar-refractivity contribution in [3.05, 3.63) is 59.7 Å². The largest absolute Gasteiger partial charge is 0.276 e. The van der Waals surface area contributed by atoms with Crippen molar-refractivity contribution in [2.24, 2.45) is 0 Å². The molecule has 0 amide bonds. The molecule has 0 aliphatic heterocycles. The van der Waals surface area contributed by atoms with Crippen molar-refractivity contribution < 1.29 is 13.6 Å². The topological polar surface area (TPSA) is 17.1 Å². The molecule has 4 heteroatoms. The molecule has 0 atom stereocenters. The minimum atomic E-state index is -0.776. The molecule has 2 rings (SSSR count). The molecule has 2 aromatic rings. The van der Waals surface area contributed by atoms with Crippen LogP contribution < -0.4 is 0 Å². The molecule has 0 bridgehead atoms. The van der Waals surface area contributed by atoms with Crippen LogP contribution in [0.5, 0.6) is 0 Å². The average Bonchev–Trinajstić information content (AvgIpc) is 2.28. The zero-order valence-electron chi connectivity index (χ0n) is 8.58. The minimum Gasteiger partial charge on any atom is -0.276 e. The molecule has 0 aliphatic rings. The highest BCUT2D eigenvalue weighted by atomic mass is 35.5. The Morgan fingerprint density at radius 3 is 2.41 bits per heavy atom. The third-order valence-electron chi connectivity index (χ3n) is 2.31. The van der Waals surface area contributed by atoms with Crippen molar-refractivity contribution in [1.29, 1.82) is 0 Å². The van der Waals surface area contributed by atoms with Gasteiger partial charge in [-0.25, -0.2) is 8.78 Å². The van der Waals surface area contributed by atoms with E-state index in [1.54, 1.807) is 6.07 Å². The number of rotatable bonds is 2. The first-order valence-electron chi connectivity index (χ1n) is 4.83. The summed E-state index contributed by atoms with van der Waals surface area (Å²) in [4.78, 5) is 11.0. The van der Waals surface area contributed by atoms with Crippen molar-refractivity contribution in [3.63, 3.8) is 0 Å². The van der Waals surface area contributed by atoms with Crippen molar-refractivity contribution in [2.45, 2.75) is 0 Å². The SMILES string of the molecule is O=C(Cl)c1cc(F)cc(-c2ccccc2F)c1. The van der Waals surface area contributed by atoms with E-state index in [-0.39, 0.29) is 16.7 Å². The fourth-order valence-electron chi connectivity index (χ4n) is 1.55. The van der Waals surface area contributed by atoms with Gasteiger partial charge in [0, 0.05) is 11.1 Å². The van der Waals surface area contributed by atoms with E-state index < -0.39 is 16.9 Å². The molecule has 0 heterocycles. The maximum absolute atomic E-state index is 13.5. The van der Waals surface area contributed by atoms with E-state index in [2.05, 4.69) is 0 Å². The maximum Gasteiger partial charge on any atom is 0.252 e. The van der Waals surface area contributed by atoms with Gasteiger partial charge >= 0.3 is 0 Å². The Kier molecular flexibility index (Phi) is 3.20. The van der Waals surface area contributed by atoms with Gasteiger partial charge in [-0.05, 0) is 41.4 Å². The van der Waals surface area contributed by atoms with Crippen LogP contribution in [-0.2, 0) is 0 Å². The quantitative estimate of drug-likeness (QED) is 0.738. The summed E-state index contributed by atoms with van der Waals surface area (Å²) in [7, 11) is 0. The van der Waals surface area contributed by atoms with E-state index in [4.69, 9.17) is 11.6 Å². The van der Waals surface area contributed by atoms with Gasteiger partial charge in [0.2, 0.25) is 0 Å². The van der Waals surface area contributed by atoms with E-state index >= 15 is 0 Å². The molecule has 0 N–H and O–H groups in total. The van der Waals surface area contributed by atoms with Crippen molar-refractivity contribution in [2.75, 3.05) is 0 Å². The van der Waals surface area contributed by atoms with E-state index in [0.717, 1.165) is 12.1 Å². The highest BCUT2D eigenvalue weighted by Crippen LogP contribution is 2.25. The molecule has 2 aromatic carbocycles. The van der Waals surface area contributed by atoms with Gasteiger partial charge in [0.05, 0.1) is 0 Å². The van der Waals surface area contributed by atoms with E-state index in [1.807, 2.05) is 0 Å². The highest BCUT2D eigenvalue weighted by molar-refractivity contribution is 6.67. The molecule has 0 saturated carbocycles. The molecule has 0 unspecified atom stereocenters. The molecule has 0 aromatic heterocycles. The number of carbonyl (C=O) groups excluding carboxylic acids is 1. The van der Waals surface area contributed by atoms with Crippen molar-refractivity contribution in [3.8, 4) is 11.1 Å². The number of carbonyl (C=O) groups is 1. The summed E-state index contributed by atoms with van der Waals surface area (Å²) in [6.07, 6.45) is 0. The lowest BCUT2D eigenvalue weighted by Crippen LogP contribution is -1.93. The number of hydrogen-bond acceptors (Lipinski definition) is 1. The maximum atomic E-state index is 13.5. The third kappa shape index (κ3) is 2.50. The standard InChI is InChI=1S/C13H7ClF2O/c14-13(17)9-5-8(6-10(15)7-9)11-3-1-2-4-12(11)16/h1-7H. The fraction of sp³-hybridized carbons (Fsp3) is 0. The van der Waals surface area contributed by atoms with E-state index in [1.165, 1.54) is 24.3 Å². The summed E-state index contributed by atoms with van der Waals surface area (Å²) in [5, 5.41) is -0.776. The smallest absolute Gasteiger partial charge is 0.252 e. The summed E-state index contributed by atoms with van der Waals surface area (Å²) in [6, 6.07) is 9.46. The summed E-state index contributed by atoms with van der Waals surface area (Å²) in [5.74, 6) is -1.11. The minimum absolute atomic E-state index is 0.00456. The van der Waals surface area contributed by atoms with Gasteiger partial charge in [0.15, 0.2) is 0 Å². The van der Waals surface area contributed by atoms with Crippen LogP contribution in [-0.4, -0.2) is 5.24 Å².